The molecule has 1 heterocycles. The van der Waals surface area contributed by atoms with Gasteiger partial charge in [-0.15, -0.1) is 0 Å². The molecule has 0 fully saturated rings. The van der Waals surface area contributed by atoms with Crippen LogP contribution in [0.15, 0.2) is 24.3 Å². The second kappa shape index (κ2) is 5.61. The van der Waals surface area contributed by atoms with Gasteiger partial charge in [-0.25, -0.2) is 0 Å². The zero-order valence-electron chi connectivity index (χ0n) is 12.0. The van der Waals surface area contributed by atoms with E-state index in [-0.39, 0.29) is 0 Å². The summed E-state index contributed by atoms with van der Waals surface area (Å²) in [7, 11) is 4.24. The summed E-state index contributed by atoms with van der Waals surface area (Å²) in [5, 5.41) is 3.44. The average molecular weight is 247 g/mol. The molecular weight excluding hydrogens is 222 g/mol. The first-order valence-corrected chi connectivity index (χ1v) is 6.86. The quantitative estimate of drug-likeness (QED) is 0.880. The maximum atomic E-state index is 3.44. The minimum Gasteiger partial charge on any atom is -0.371 e. The summed E-state index contributed by atoms with van der Waals surface area (Å²) in [5.74, 6) is 0.654. The summed E-state index contributed by atoms with van der Waals surface area (Å²) >= 11 is 0. The highest BCUT2D eigenvalue weighted by Gasteiger charge is 2.22. The standard InChI is InChI=1S/C15H25N3/c1-12(2)13(16-3)11-18-10-9-17(4)14-7-5-6-8-15(14)18/h5-8,12-13,16H,9-11H2,1-4H3. The van der Waals surface area contributed by atoms with Crippen LogP contribution in [0.2, 0.25) is 0 Å². The molecule has 0 saturated heterocycles. The smallest absolute Gasteiger partial charge is 0.0605 e. The number of likely N-dealkylation sites (N-methyl/N-ethyl adjacent to an activating group) is 2. The Kier molecular flexibility index (Phi) is 4.12. The SMILES string of the molecule is CNC(CN1CCN(C)c2ccccc21)C(C)C. The largest absolute Gasteiger partial charge is 0.371 e. The zero-order valence-corrected chi connectivity index (χ0v) is 12.0. The van der Waals surface area contributed by atoms with Crippen LogP contribution in [-0.4, -0.2) is 39.8 Å². The molecule has 1 unspecified atom stereocenters. The molecule has 18 heavy (non-hydrogen) atoms. The van der Waals surface area contributed by atoms with E-state index in [4.69, 9.17) is 0 Å². The Balaban J connectivity index is 2.18. The Morgan fingerprint density at radius 3 is 2.44 bits per heavy atom. The highest BCUT2D eigenvalue weighted by Crippen LogP contribution is 2.31. The zero-order chi connectivity index (χ0) is 13.1. The summed E-state index contributed by atoms with van der Waals surface area (Å²) in [4.78, 5) is 4.85. The van der Waals surface area contributed by atoms with Gasteiger partial charge in [0, 0.05) is 32.7 Å². The van der Waals surface area contributed by atoms with E-state index in [1.165, 1.54) is 11.4 Å². The summed E-state index contributed by atoms with van der Waals surface area (Å²) in [6, 6.07) is 9.25. The summed E-state index contributed by atoms with van der Waals surface area (Å²) < 4.78 is 0. The lowest BCUT2D eigenvalue weighted by molar-refractivity contribution is 0.422. The summed E-state index contributed by atoms with van der Waals surface area (Å²) in [5.41, 5.74) is 2.72. The number of benzene rings is 1. The van der Waals surface area contributed by atoms with Crippen LogP contribution >= 0.6 is 0 Å². The highest BCUT2D eigenvalue weighted by molar-refractivity contribution is 5.73. The molecule has 0 aromatic heterocycles. The van der Waals surface area contributed by atoms with E-state index in [0.29, 0.717) is 12.0 Å². The van der Waals surface area contributed by atoms with Gasteiger partial charge in [-0.1, -0.05) is 26.0 Å². The molecule has 3 nitrogen and oxygen atoms in total. The summed E-state index contributed by atoms with van der Waals surface area (Å²) in [6.07, 6.45) is 0. The van der Waals surface area contributed by atoms with E-state index in [0.717, 1.165) is 19.6 Å². The summed E-state index contributed by atoms with van der Waals surface area (Å²) in [6.45, 7) is 7.86. The van der Waals surface area contributed by atoms with Gasteiger partial charge in [-0.2, -0.15) is 0 Å². The molecule has 3 heteroatoms. The second-order valence-corrected chi connectivity index (χ2v) is 5.50. The van der Waals surface area contributed by atoms with Crippen molar-refractivity contribution in [1.29, 1.82) is 0 Å². The predicted octanol–water partition coefficient (Wildman–Crippen LogP) is 2.19. The number of nitrogens with one attached hydrogen (secondary N) is 1. The van der Waals surface area contributed by atoms with Gasteiger partial charge < -0.3 is 15.1 Å². The number of hydrogen-bond acceptors (Lipinski definition) is 3. The molecule has 1 atom stereocenters. The molecule has 1 N–H and O–H groups in total. The molecule has 1 aliphatic heterocycles. The van der Waals surface area contributed by atoms with Gasteiger partial charge in [0.15, 0.2) is 0 Å². The Morgan fingerprint density at radius 2 is 1.83 bits per heavy atom. The molecule has 0 radical (unpaired) electrons. The van der Waals surface area contributed by atoms with Crippen molar-refractivity contribution >= 4 is 11.4 Å². The number of nitrogens with zero attached hydrogens (tertiary/aromatic N) is 2. The Hall–Kier alpha value is -1.22. The van der Waals surface area contributed by atoms with Crippen LogP contribution in [0, 0.1) is 5.92 Å². The van der Waals surface area contributed by atoms with Crippen LogP contribution in [0.1, 0.15) is 13.8 Å². The molecule has 0 spiro atoms. The van der Waals surface area contributed by atoms with Crippen molar-refractivity contribution in [3.8, 4) is 0 Å². The van der Waals surface area contributed by atoms with Gasteiger partial charge in [0.1, 0.15) is 0 Å². The van der Waals surface area contributed by atoms with Crippen LogP contribution in [-0.2, 0) is 0 Å². The van der Waals surface area contributed by atoms with Gasteiger partial charge in [0.05, 0.1) is 11.4 Å². The molecule has 2 rings (SSSR count). The second-order valence-electron chi connectivity index (χ2n) is 5.50. The lowest BCUT2D eigenvalue weighted by Gasteiger charge is -2.39. The monoisotopic (exact) mass is 247 g/mol. The van der Waals surface area contributed by atoms with Crippen molar-refractivity contribution in [2.24, 2.45) is 5.92 Å². The maximum Gasteiger partial charge on any atom is 0.0605 e. The lowest BCUT2D eigenvalue weighted by atomic mass is 10.0. The lowest BCUT2D eigenvalue weighted by Crippen LogP contribution is -2.47. The first-order chi connectivity index (χ1) is 8.63. The molecule has 0 saturated carbocycles. The molecule has 0 bridgehead atoms. The average Bonchev–Trinajstić information content (AvgIpc) is 2.38. The van der Waals surface area contributed by atoms with Crippen LogP contribution < -0.4 is 15.1 Å². The van der Waals surface area contributed by atoms with Gasteiger partial charge in [0.2, 0.25) is 0 Å². The molecule has 100 valence electrons. The van der Waals surface area contributed by atoms with Gasteiger partial charge in [-0.3, -0.25) is 0 Å². The van der Waals surface area contributed by atoms with E-state index >= 15 is 0 Å². The number of anilines is 2. The molecule has 0 amide bonds. The predicted molar refractivity (Wildman–Crippen MR) is 79.6 cm³/mol. The number of fused-ring (bicyclic) bond motifs is 1. The van der Waals surface area contributed by atoms with Crippen molar-refractivity contribution < 1.29 is 0 Å². The first kappa shape index (κ1) is 13.2. The third kappa shape index (κ3) is 2.61. The Morgan fingerprint density at radius 1 is 1.17 bits per heavy atom. The fraction of sp³-hybridized carbons (Fsp3) is 0.600. The van der Waals surface area contributed by atoms with E-state index in [1.54, 1.807) is 0 Å². The van der Waals surface area contributed by atoms with Crippen molar-refractivity contribution in [1.82, 2.24) is 5.32 Å². The molecule has 1 aliphatic rings. The van der Waals surface area contributed by atoms with Crippen LogP contribution in [0.4, 0.5) is 11.4 Å². The van der Waals surface area contributed by atoms with Gasteiger partial charge in [0.25, 0.3) is 0 Å². The Bertz CT molecular complexity index is 389. The van der Waals surface area contributed by atoms with Crippen LogP contribution in [0.3, 0.4) is 0 Å². The van der Waals surface area contributed by atoms with E-state index in [9.17, 15) is 0 Å². The number of para-hydroxylation sites is 2. The Labute approximate surface area is 111 Å². The highest BCUT2D eigenvalue weighted by atomic mass is 15.3. The third-order valence-corrected chi connectivity index (χ3v) is 3.93. The fourth-order valence-electron chi connectivity index (χ4n) is 2.63. The van der Waals surface area contributed by atoms with Crippen LogP contribution in [0.5, 0.6) is 0 Å². The van der Waals surface area contributed by atoms with Crippen LogP contribution in [0.25, 0.3) is 0 Å². The van der Waals surface area contributed by atoms with Crippen molar-refractivity contribution in [3.05, 3.63) is 24.3 Å². The van der Waals surface area contributed by atoms with Crippen molar-refractivity contribution in [3.63, 3.8) is 0 Å². The molecular formula is C15H25N3. The maximum absolute atomic E-state index is 3.44. The van der Waals surface area contributed by atoms with Gasteiger partial charge in [-0.05, 0) is 25.1 Å². The van der Waals surface area contributed by atoms with E-state index < -0.39 is 0 Å². The van der Waals surface area contributed by atoms with Crippen molar-refractivity contribution in [2.45, 2.75) is 19.9 Å². The normalized spacial score (nSPS) is 16.9. The first-order valence-electron chi connectivity index (χ1n) is 6.86. The molecule has 1 aromatic carbocycles. The number of hydrogen-bond donors (Lipinski definition) is 1. The van der Waals surface area contributed by atoms with Gasteiger partial charge >= 0.3 is 0 Å². The number of rotatable bonds is 4. The third-order valence-electron chi connectivity index (χ3n) is 3.93. The fourth-order valence-corrected chi connectivity index (χ4v) is 2.63. The molecule has 0 aliphatic carbocycles. The van der Waals surface area contributed by atoms with Crippen molar-refractivity contribution in [2.75, 3.05) is 43.5 Å². The minimum absolute atomic E-state index is 0.543. The van der Waals surface area contributed by atoms with E-state index in [2.05, 4.69) is 67.3 Å². The topological polar surface area (TPSA) is 18.5 Å². The minimum atomic E-state index is 0.543. The molecule has 1 aromatic rings. The van der Waals surface area contributed by atoms with E-state index in [1.807, 2.05) is 0 Å².